The van der Waals surface area contributed by atoms with Crippen molar-refractivity contribution in [2.24, 2.45) is 11.8 Å². The molecule has 4 heteroatoms. The van der Waals surface area contributed by atoms with Gasteiger partial charge in [0.15, 0.2) is 0 Å². The number of aromatic nitrogens is 2. The number of imidazole rings is 1. The molecule has 1 aromatic carbocycles. The maximum atomic E-state index is 9.08. The van der Waals surface area contributed by atoms with Crippen LogP contribution < -0.4 is 5.73 Å². The van der Waals surface area contributed by atoms with Gasteiger partial charge in [0, 0.05) is 6.04 Å². The molecular weight excluding hydrogens is 248 g/mol. The van der Waals surface area contributed by atoms with Crippen molar-refractivity contribution < 1.29 is 0 Å². The largest absolute Gasteiger partial charge is 0.369 e. The summed E-state index contributed by atoms with van der Waals surface area (Å²) in [7, 11) is 0. The van der Waals surface area contributed by atoms with E-state index in [1.54, 1.807) is 6.07 Å². The number of benzene rings is 1. The quantitative estimate of drug-likeness (QED) is 0.906. The van der Waals surface area contributed by atoms with Crippen LogP contribution in [-0.4, -0.2) is 9.55 Å². The Balaban J connectivity index is 2.11. The van der Waals surface area contributed by atoms with Crippen LogP contribution in [0.3, 0.4) is 0 Å². The molecule has 0 radical (unpaired) electrons. The van der Waals surface area contributed by atoms with E-state index in [0.717, 1.165) is 23.4 Å². The summed E-state index contributed by atoms with van der Waals surface area (Å²) >= 11 is 0. The Morgan fingerprint density at radius 1 is 1.45 bits per heavy atom. The van der Waals surface area contributed by atoms with E-state index in [4.69, 9.17) is 11.0 Å². The fourth-order valence-electron chi connectivity index (χ4n) is 3.69. The number of fused-ring (bicyclic) bond motifs is 1. The fraction of sp³-hybridized carbons (Fsp3) is 0.500. The van der Waals surface area contributed by atoms with E-state index in [2.05, 4.69) is 29.5 Å². The standard InChI is InChI=1S/C16H20N4/c1-3-12-5-7-14(10(12)2)20-15-8-11(9-17)4-6-13(15)19-16(20)18/h4,6,8,10,12,14H,3,5,7H2,1-2H3,(H2,18,19). The van der Waals surface area contributed by atoms with Crippen LogP contribution in [0.25, 0.3) is 11.0 Å². The van der Waals surface area contributed by atoms with E-state index in [0.29, 0.717) is 23.5 Å². The molecule has 0 amide bonds. The first-order chi connectivity index (χ1) is 9.65. The Labute approximate surface area is 119 Å². The summed E-state index contributed by atoms with van der Waals surface area (Å²) < 4.78 is 2.15. The van der Waals surface area contributed by atoms with Crippen molar-refractivity contribution in [3.05, 3.63) is 23.8 Å². The Morgan fingerprint density at radius 3 is 2.90 bits per heavy atom. The average molecular weight is 268 g/mol. The van der Waals surface area contributed by atoms with Gasteiger partial charge in [-0.3, -0.25) is 0 Å². The summed E-state index contributed by atoms with van der Waals surface area (Å²) in [6, 6.07) is 8.19. The highest BCUT2D eigenvalue weighted by atomic mass is 15.2. The number of hydrogen-bond acceptors (Lipinski definition) is 3. The van der Waals surface area contributed by atoms with Crippen LogP contribution in [0.5, 0.6) is 0 Å². The van der Waals surface area contributed by atoms with Crippen LogP contribution >= 0.6 is 0 Å². The summed E-state index contributed by atoms with van der Waals surface area (Å²) in [5, 5.41) is 9.08. The highest BCUT2D eigenvalue weighted by Gasteiger charge is 2.34. The van der Waals surface area contributed by atoms with Crippen molar-refractivity contribution in [1.29, 1.82) is 5.26 Å². The monoisotopic (exact) mass is 268 g/mol. The highest BCUT2D eigenvalue weighted by molar-refractivity contribution is 5.80. The number of nitrogens with zero attached hydrogens (tertiary/aromatic N) is 3. The molecule has 1 fully saturated rings. The van der Waals surface area contributed by atoms with Gasteiger partial charge < -0.3 is 10.3 Å². The van der Waals surface area contributed by atoms with E-state index < -0.39 is 0 Å². The van der Waals surface area contributed by atoms with Gasteiger partial charge in [-0.2, -0.15) is 5.26 Å². The number of nitrogen functional groups attached to an aromatic ring is 1. The Kier molecular flexibility index (Phi) is 3.13. The second-order valence-electron chi connectivity index (χ2n) is 5.83. The van der Waals surface area contributed by atoms with E-state index in [1.165, 1.54) is 12.8 Å². The number of nitriles is 1. The molecule has 0 saturated heterocycles. The third kappa shape index (κ3) is 1.85. The molecule has 2 N–H and O–H groups in total. The van der Waals surface area contributed by atoms with Crippen LogP contribution in [0.4, 0.5) is 5.95 Å². The van der Waals surface area contributed by atoms with Gasteiger partial charge in [0.05, 0.1) is 22.7 Å². The number of nitrogens with two attached hydrogens (primary N) is 1. The first-order valence-electron chi connectivity index (χ1n) is 7.33. The van der Waals surface area contributed by atoms with Crippen molar-refractivity contribution in [3.63, 3.8) is 0 Å². The first kappa shape index (κ1) is 13.0. The van der Waals surface area contributed by atoms with Crippen LogP contribution in [0.1, 0.15) is 44.7 Å². The Hall–Kier alpha value is -2.02. The van der Waals surface area contributed by atoms with Crippen molar-refractivity contribution in [1.82, 2.24) is 9.55 Å². The second kappa shape index (κ2) is 4.82. The second-order valence-corrected chi connectivity index (χ2v) is 5.83. The predicted molar refractivity (Wildman–Crippen MR) is 80.1 cm³/mol. The minimum absolute atomic E-state index is 0.402. The highest BCUT2D eigenvalue weighted by Crippen LogP contribution is 2.44. The SMILES string of the molecule is CCC1CCC(n2c(N)nc3ccc(C#N)cc32)C1C. The lowest BCUT2D eigenvalue weighted by Gasteiger charge is -2.22. The van der Waals surface area contributed by atoms with Crippen LogP contribution in [0, 0.1) is 23.2 Å². The molecule has 104 valence electrons. The molecule has 3 atom stereocenters. The number of anilines is 1. The number of hydrogen-bond donors (Lipinski definition) is 1. The van der Waals surface area contributed by atoms with Crippen LogP contribution in [0.15, 0.2) is 18.2 Å². The summed E-state index contributed by atoms with van der Waals surface area (Å²) in [6.45, 7) is 4.57. The first-order valence-corrected chi connectivity index (χ1v) is 7.33. The van der Waals surface area contributed by atoms with E-state index in [1.807, 2.05) is 12.1 Å². The molecule has 0 spiro atoms. The van der Waals surface area contributed by atoms with Crippen LogP contribution in [-0.2, 0) is 0 Å². The molecule has 1 aliphatic rings. The lowest BCUT2D eigenvalue weighted by molar-refractivity contribution is 0.336. The van der Waals surface area contributed by atoms with Gasteiger partial charge in [-0.05, 0) is 42.9 Å². The molecular formula is C16H20N4. The zero-order chi connectivity index (χ0) is 14.3. The molecule has 20 heavy (non-hydrogen) atoms. The predicted octanol–water partition coefficient (Wildman–Crippen LogP) is 3.49. The minimum Gasteiger partial charge on any atom is -0.369 e. The summed E-state index contributed by atoms with van der Waals surface area (Å²) in [4.78, 5) is 4.45. The van der Waals surface area contributed by atoms with Gasteiger partial charge in [-0.15, -0.1) is 0 Å². The Morgan fingerprint density at radius 2 is 2.25 bits per heavy atom. The van der Waals surface area contributed by atoms with Gasteiger partial charge in [0.1, 0.15) is 0 Å². The van der Waals surface area contributed by atoms with E-state index in [9.17, 15) is 0 Å². The molecule has 1 aromatic heterocycles. The average Bonchev–Trinajstić information content (AvgIpc) is 2.97. The molecule has 1 heterocycles. The smallest absolute Gasteiger partial charge is 0.201 e. The molecule has 3 unspecified atom stereocenters. The molecule has 2 aromatic rings. The minimum atomic E-state index is 0.402. The zero-order valence-corrected chi connectivity index (χ0v) is 12.0. The molecule has 0 aliphatic heterocycles. The lowest BCUT2D eigenvalue weighted by atomic mass is 9.93. The fourth-order valence-corrected chi connectivity index (χ4v) is 3.69. The van der Waals surface area contributed by atoms with Gasteiger partial charge in [0.2, 0.25) is 5.95 Å². The molecule has 1 aliphatic carbocycles. The van der Waals surface area contributed by atoms with Crippen LogP contribution in [0.2, 0.25) is 0 Å². The maximum Gasteiger partial charge on any atom is 0.201 e. The van der Waals surface area contributed by atoms with E-state index >= 15 is 0 Å². The maximum absolute atomic E-state index is 9.08. The third-order valence-corrected chi connectivity index (χ3v) is 4.89. The summed E-state index contributed by atoms with van der Waals surface area (Å²) in [6.07, 6.45) is 3.61. The number of rotatable bonds is 2. The van der Waals surface area contributed by atoms with Crippen molar-refractivity contribution in [3.8, 4) is 6.07 Å². The van der Waals surface area contributed by atoms with Gasteiger partial charge in [-0.25, -0.2) is 4.98 Å². The topological polar surface area (TPSA) is 67.6 Å². The van der Waals surface area contributed by atoms with Gasteiger partial charge >= 0.3 is 0 Å². The van der Waals surface area contributed by atoms with Crippen molar-refractivity contribution in [2.45, 2.75) is 39.2 Å². The third-order valence-electron chi connectivity index (χ3n) is 4.89. The van der Waals surface area contributed by atoms with Crippen molar-refractivity contribution >= 4 is 17.0 Å². The lowest BCUT2D eigenvalue weighted by Crippen LogP contribution is -2.17. The molecule has 3 rings (SSSR count). The molecule has 1 saturated carbocycles. The van der Waals surface area contributed by atoms with E-state index in [-0.39, 0.29) is 0 Å². The van der Waals surface area contributed by atoms with Crippen molar-refractivity contribution in [2.75, 3.05) is 5.73 Å². The Bertz CT molecular complexity index is 680. The summed E-state index contributed by atoms with van der Waals surface area (Å²) in [5.74, 6) is 1.94. The molecule has 0 bridgehead atoms. The van der Waals surface area contributed by atoms with Gasteiger partial charge in [-0.1, -0.05) is 20.3 Å². The zero-order valence-electron chi connectivity index (χ0n) is 12.0. The summed E-state index contributed by atoms with van der Waals surface area (Å²) in [5.41, 5.74) is 8.68. The molecule has 4 nitrogen and oxygen atoms in total. The van der Waals surface area contributed by atoms with Gasteiger partial charge in [0.25, 0.3) is 0 Å². The normalized spacial score (nSPS) is 25.9.